The Labute approximate surface area is 243 Å². The fourth-order valence-electron chi connectivity index (χ4n) is 4.50. The zero-order valence-corrected chi connectivity index (χ0v) is 24.3. The topological polar surface area (TPSA) is 65.3 Å². The first-order valence-electron chi connectivity index (χ1n) is 13.6. The van der Waals surface area contributed by atoms with Crippen LogP contribution in [0.4, 0.5) is 5.69 Å². The second-order valence-corrected chi connectivity index (χ2v) is 9.89. The third-order valence-corrected chi connectivity index (χ3v) is 6.82. The maximum atomic E-state index is 11.0. The fraction of sp³-hybridized carbons (Fsp3) is 0.265. The standard InChI is InChI=1S/C30H30ClN3O2.C4H8/c1-2-3-18-34-21-23(20-32-34)19-22-4-6-24(7-5-22)29(16-17-31)30(26-10-14-28(35)15-11-26)25-8-12-27(33-36)13-9-25;1-3-4-2/h2-15,20,23,35H,16-19,21H2,1H3;3-4H,1-2H3/b3-2+,30-29+;4-3-. The van der Waals surface area contributed by atoms with Crippen molar-refractivity contribution in [3.8, 4) is 5.75 Å². The number of alkyl halides is 1. The minimum atomic E-state index is 0.210. The van der Waals surface area contributed by atoms with Gasteiger partial charge in [0.05, 0.1) is 6.54 Å². The van der Waals surface area contributed by atoms with Crippen LogP contribution in [0.5, 0.6) is 5.75 Å². The van der Waals surface area contributed by atoms with E-state index in [2.05, 4.69) is 51.8 Å². The molecule has 0 radical (unpaired) electrons. The summed E-state index contributed by atoms with van der Waals surface area (Å²) in [5.74, 6) is 1.07. The highest BCUT2D eigenvalue weighted by molar-refractivity contribution is 6.18. The lowest BCUT2D eigenvalue weighted by molar-refractivity contribution is 0.326. The number of hydrazone groups is 1. The monoisotopic (exact) mass is 555 g/mol. The highest BCUT2D eigenvalue weighted by Gasteiger charge is 2.18. The van der Waals surface area contributed by atoms with Crippen molar-refractivity contribution in [1.82, 2.24) is 5.01 Å². The van der Waals surface area contributed by atoms with Gasteiger partial charge in [0.1, 0.15) is 11.4 Å². The van der Waals surface area contributed by atoms with E-state index in [1.807, 2.05) is 63.3 Å². The molecule has 0 fully saturated rings. The Morgan fingerprint density at radius 3 is 2.08 bits per heavy atom. The number of halogens is 1. The summed E-state index contributed by atoms with van der Waals surface area (Å²) in [6.45, 7) is 7.80. The number of rotatable bonds is 10. The SMILES string of the molecule is C/C=C/CN1CC(Cc2ccc(/C(CCCl)=C(/c3ccc(O)cc3)c3ccc(N=O)cc3)cc2)C=N1.C/C=C\C. The van der Waals surface area contributed by atoms with Gasteiger partial charge in [-0.15, -0.1) is 16.5 Å². The third kappa shape index (κ3) is 8.78. The van der Waals surface area contributed by atoms with Crippen LogP contribution in [-0.4, -0.2) is 35.3 Å². The van der Waals surface area contributed by atoms with E-state index in [0.717, 1.165) is 47.3 Å². The molecule has 0 spiro atoms. The maximum Gasteiger partial charge on any atom is 0.115 e. The van der Waals surface area contributed by atoms with Gasteiger partial charge in [-0.05, 0) is 96.5 Å². The second-order valence-electron chi connectivity index (χ2n) is 9.51. The van der Waals surface area contributed by atoms with Crippen LogP contribution in [0.25, 0.3) is 11.1 Å². The van der Waals surface area contributed by atoms with Gasteiger partial charge in [0.25, 0.3) is 0 Å². The summed E-state index contributed by atoms with van der Waals surface area (Å²) >= 11 is 6.28. The van der Waals surface area contributed by atoms with E-state index >= 15 is 0 Å². The van der Waals surface area contributed by atoms with Crippen LogP contribution in [0.15, 0.2) is 107 Å². The molecule has 208 valence electrons. The van der Waals surface area contributed by atoms with Crippen LogP contribution < -0.4 is 0 Å². The van der Waals surface area contributed by atoms with Crippen molar-refractivity contribution < 1.29 is 5.11 Å². The largest absolute Gasteiger partial charge is 0.508 e. The predicted octanol–water partition coefficient (Wildman–Crippen LogP) is 9.00. The van der Waals surface area contributed by atoms with Gasteiger partial charge in [-0.2, -0.15) is 5.10 Å². The van der Waals surface area contributed by atoms with Crippen molar-refractivity contribution in [2.24, 2.45) is 16.2 Å². The molecular formula is C34H38ClN3O2. The van der Waals surface area contributed by atoms with Gasteiger partial charge in [0.15, 0.2) is 0 Å². The number of nitrogens with zero attached hydrogens (tertiary/aromatic N) is 3. The van der Waals surface area contributed by atoms with Gasteiger partial charge in [0.2, 0.25) is 0 Å². The number of allylic oxidation sites excluding steroid dienone is 4. The molecule has 40 heavy (non-hydrogen) atoms. The van der Waals surface area contributed by atoms with Crippen molar-refractivity contribution in [3.05, 3.63) is 124 Å². The van der Waals surface area contributed by atoms with Crippen molar-refractivity contribution in [1.29, 1.82) is 0 Å². The van der Waals surface area contributed by atoms with Crippen LogP contribution >= 0.6 is 11.6 Å². The molecule has 1 aliphatic rings. The Bertz CT molecular complexity index is 1320. The Hall–Kier alpha value is -3.96. The van der Waals surface area contributed by atoms with Gasteiger partial charge in [-0.1, -0.05) is 72.8 Å². The van der Waals surface area contributed by atoms with E-state index in [-0.39, 0.29) is 5.75 Å². The number of nitroso groups, excluding NO2 is 1. The molecule has 1 heterocycles. The van der Waals surface area contributed by atoms with Crippen LogP contribution in [0.2, 0.25) is 0 Å². The van der Waals surface area contributed by atoms with E-state index in [4.69, 9.17) is 11.6 Å². The van der Waals surface area contributed by atoms with Crippen LogP contribution in [-0.2, 0) is 6.42 Å². The summed E-state index contributed by atoms with van der Waals surface area (Å²) in [5, 5.41) is 19.5. The Kier molecular flexibility index (Phi) is 12.4. The number of phenols is 1. The molecule has 1 N–H and O–H groups in total. The molecule has 0 bridgehead atoms. The molecule has 0 saturated carbocycles. The lowest BCUT2D eigenvalue weighted by atomic mass is 9.87. The average Bonchev–Trinajstić information content (AvgIpc) is 3.44. The minimum Gasteiger partial charge on any atom is -0.508 e. The highest BCUT2D eigenvalue weighted by Crippen LogP contribution is 2.36. The number of hydrogen-bond acceptors (Lipinski definition) is 5. The molecule has 0 aliphatic carbocycles. The number of aromatic hydroxyl groups is 1. The summed E-state index contributed by atoms with van der Waals surface area (Å²) < 4.78 is 0. The molecule has 4 rings (SSSR count). The van der Waals surface area contributed by atoms with E-state index < -0.39 is 0 Å². The number of hydrogen-bond donors (Lipinski definition) is 1. The summed E-state index contributed by atoms with van der Waals surface area (Å²) in [6.07, 6.45) is 11.8. The predicted molar refractivity (Wildman–Crippen MR) is 170 cm³/mol. The first-order valence-corrected chi connectivity index (χ1v) is 14.2. The van der Waals surface area contributed by atoms with Gasteiger partial charge in [0, 0.05) is 24.6 Å². The lowest BCUT2D eigenvalue weighted by Gasteiger charge is -2.18. The van der Waals surface area contributed by atoms with Crippen molar-refractivity contribution in [2.75, 3.05) is 19.0 Å². The quantitative estimate of drug-likeness (QED) is 0.117. The van der Waals surface area contributed by atoms with Crippen LogP contribution in [0, 0.1) is 10.8 Å². The molecule has 3 aromatic carbocycles. The first kappa shape index (κ1) is 30.6. The zero-order valence-electron chi connectivity index (χ0n) is 23.5. The van der Waals surface area contributed by atoms with Crippen molar-refractivity contribution in [2.45, 2.75) is 33.6 Å². The normalized spacial score (nSPS) is 15.3. The summed E-state index contributed by atoms with van der Waals surface area (Å²) in [5.41, 5.74) is 6.79. The molecule has 1 unspecified atom stereocenters. The van der Waals surface area contributed by atoms with Crippen molar-refractivity contribution in [3.63, 3.8) is 0 Å². The Morgan fingerprint density at radius 2 is 1.52 bits per heavy atom. The van der Waals surface area contributed by atoms with E-state index in [1.54, 1.807) is 24.3 Å². The van der Waals surface area contributed by atoms with Crippen molar-refractivity contribution >= 4 is 34.6 Å². The average molecular weight is 556 g/mol. The third-order valence-electron chi connectivity index (χ3n) is 6.64. The van der Waals surface area contributed by atoms with Gasteiger partial charge >= 0.3 is 0 Å². The number of benzene rings is 3. The summed E-state index contributed by atoms with van der Waals surface area (Å²) in [6, 6.07) is 23.1. The van der Waals surface area contributed by atoms with Gasteiger partial charge in [-0.25, -0.2) is 0 Å². The van der Waals surface area contributed by atoms with E-state index in [1.165, 1.54) is 5.56 Å². The smallest absolute Gasteiger partial charge is 0.115 e. The van der Waals surface area contributed by atoms with Crippen LogP contribution in [0.3, 0.4) is 0 Å². The lowest BCUT2D eigenvalue weighted by Crippen LogP contribution is -2.19. The summed E-state index contributed by atoms with van der Waals surface area (Å²) in [7, 11) is 0. The summed E-state index contributed by atoms with van der Waals surface area (Å²) in [4.78, 5) is 11.0. The first-order chi connectivity index (χ1) is 19.5. The fourth-order valence-corrected chi connectivity index (χ4v) is 4.69. The molecule has 1 atom stereocenters. The molecule has 5 nitrogen and oxygen atoms in total. The molecule has 6 heteroatoms. The molecular weight excluding hydrogens is 518 g/mol. The minimum absolute atomic E-state index is 0.210. The molecule has 0 saturated heterocycles. The van der Waals surface area contributed by atoms with Gasteiger partial charge in [-0.3, -0.25) is 5.01 Å². The van der Waals surface area contributed by atoms with Crippen LogP contribution in [0.1, 0.15) is 49.4 Å². The Balaban J connectivity index is 0.00000103. The van der Waals surface area contributed by atoms with E-state index in [0.29, 0.717) is 23.9 Å². The van der Waals surface area contributed by atoms with Gasteiger partial charge < -0.3 is 5.11 Å². The zero-order chi connectivity index (χ0) is 28.7. The molecule has 1 aliphatic heterocycles. The number of phenolic OH excluding ortho intramolecular Hbond substituents is 1. The molecule has 0 amide bonds. The molecule has 3 aromatic rings. The van der Waals surface area contributed by atoms with E-state index in [9.17, 15) is 10.0 Å². The maximum absolute atomic E-state index is 11.0. The second kappa shape index (κ2) is 16.2. The highest BCUT2D eigenvalue weighted by atomic mass is 35.5. The Morgan fingerprint density at radius 1 is 0.925 bits per heavy atom. The molecule has 0 aromatic heterocycles.